The minimum Gasteiger partial charge on any atom is -0.344 e. The molecule has 0 aromatic carbocycles. The fraction of sp³-hybridized carbons (Fsp3) is 0.625. The van der Waals surface area contributed by atoms with Crippen LogP contribution >= 0.6 is 12.4 Å². The molecule has 0 radical (unpaired) electrons. The zero-order valence-corrected chi connectivity index (χ0v) is 13.9. The van der Waals surface area contributed by atoms with Gasteiger partial charge in [0.05, 0.1) is 6.04 Å². The first kappa shape index (κ1) is 17.9. The van der Waals surface area contributed by atoms with Crippen molar-refractivity contribution in [3.63, 3.8) is 0 Å². The Bertz CT molecular complexity index is 450. The molecule has 1 amide bonds. The normalized spacial score (nSPS) is 20.4. The van der Waals surface area contributed by atoms with Crippen molar-refractivity contribution in [3.05, 3.63) is 30.1 Å². The number of amides is 1. The van der Waals surface area contributed by atoms with Gasteiger partial charge in [0.25, 0.3) is 0 Å². The van der Waals surface area contributed by atoms with Gasteiger partial charge in [-0.05, 0) is 48.9 Å². The average molecular weight is 312 g/mol. The number of halogens is 1. The summed E-state index contributed by atoms with van der Waals surface area (Å²) in [5.74, 6) is 0.212. The van der Waals surface area contributed by atoms with Crippen LogP contribution in [0.15, 0.2) is 24.5 Å². The molecule has 2 heterocycles. The lowest BCUT2D eigenvalue weighted by atomic mass is 9.77. The Morgan fingerprint density at radius 2 is 2.10 bits per heavy atom. The first-order valence-corrected chi connectivity index (χ1v) is 7.38. The van der Waals surface area contributed by atoms with E-state index in [4.69, 9.17) is 0 Å². The molecule has 1 N–H and O–H groups in total. The van der Waals surface area contributed by atoms with E-state index in [1.165, 1.54) is 5.56 Å². The molecule has 1 aromatic heterocycles. The molecule has 0 saturated carbocycles. The number of likely N-dealkylation sites (N-methyl/N-ethyl adjacent to an activating group) is 1. The quantitative estimate of drug-likeness (QED) is 0.928. The Balaban J connectivity index is 0.00000220. The number of nitrogens with zero attached hydrogens (tertiary/aromatic N) is 2. The fourth-order valence-corrected chi connectivity index (χ4v) is 2.81. The van der Waals surface area contributed by atoms with Crippen molar-refractivity contribution in [2.75, 3.05) is 20.1 Å². The van der Waals surface area contributed by atoms with Crippen molar-refractivity contribution in [1.29, 1.82) is 0 Å². The Hall–Kier alpha value is -1.13. The van der Waals surface area contributed by atoms with Crippen LogP contribution < -0.4 is 5.32 Å². The van der Waals surface area contributed by atoms with Gasteiger partial charge < -0.3 is 10.2 Å². The molecule has 1 atom stereocenters. The van der Waals surface area contributed by atoms with Crippen LogP contribution in [-0.4, -0.2) is 42.0 Å². The molecule has 0 bridgehead atoms. The first-order valence-electron chi connectivity index (χ1n) is 7.38. The number of rotatable bonds is 4. The summed E-state index contributed by atoms with van der Waals surface area (Å²) in [7, 11) is 1.90. The lowest BCUT2D eigenvalue weighted by Crippen LogP contribution is -2.56. The molecule has 1 saturated heterocycles. The number of hydrogen-bond donors (Lipinski definition) is 1. The third kappa shape index (κ3) is 4.68. The van der Waals surface area contributed by atoms with E-state index in [1.54, 1.807) is 12.4 Å². The first-order chi connectivity index (χ1) is 9.50. The van der Waals surface area contributed by atoms with Crippen LogP contribution in [0.1, 0.15) is 32.3 Å². The molecule has 0 spiro atoms. The summed E-state index contributed by atoms with van der Waals surface area (Å²) in [6, 6.07) is 3.95. The number of carbonyl (C=O) groups excluding carboxylic acids is 1. The van der Waals surface area contributed by atoms with Crippen molar-refractivity contribution >= 4 is 18.3 Å². The zero-order valence-electron chi connectivity index (χ0n) is 13.1. The Morgan fingerprint density at radius 3 is 2.71 bits per heavy atom. The van der Waals surface area contributed by atoms with Gasteiger partial charge in [-0.1, -0.05) is 13.8 Å². The van der Waals surface area contributed by atoms with Crippen LogP contribution in [0.25, 0.3) is 0 Å². The summed E-state index contributed by atoms with van der Waals surface area (Å²) in [5.41, 5.74) is 1.26. The van der Waals surface area contributed by atoms with Gasteiger partial charge in [0.2, 0.25) is 5.91 Å². The summed E-state index contributed by atoms with van der Waals surface area (Å²) < 4.78 is 0. The summed E-state index contributed by atoms with van der Waals surface area (Å²) in [6.07, 6.45) is 6.72. The maximum Gasteiger partial charge on any atom is 0.240 e. The average Bonchev–Trinajstić information content (AvgIpc) is 2.44. The summed E-state index contributed by atoms with van der Waals surface area (Å²) in [6.45, 7) is 6.05. The van der Waals surface area contributed by atoms with E-state index in [0.717, 1.165) is 32.4 Å². The third-order valence-electron chi connectivity index (χ3n) is 4.24. The molecule has 5 heteroatoms. The molecule has 118 valence electrons. The largest absolute Gasteiger partial charge is 0.344 e. The molecule has 0 aliphatic carbocycles. The van der Waals surface area contributed by atoms with E-state index in [2.05, 4.69) is 24.1 Å². The minimum atomic E-state index is -0.0568. The van der Waals surface area contributed by atoms with Gasteiger partial charge in [0, 0.05) is 26.0 Å². The van der Waals surface area contributed by atoms with E-state index >= 15 is 0 Å². The van der Waals surface area contributed by atoms with Crippen molar-refractivity contribution in [2.24, 2.45) is 5.41 Å². The van der Waals surface area contributed by atoms with Crippen LogP contribution in [0, 0.1) is 5.41 Å². The van der Waals surface area contributed by atoms with Crippen molar-refractivity contribution in [1.82, 2.24) is 15.2 Å². The topological polar surface area (TPSA) is 45.2 Å². The van der Waals surface area contributed by atoms with Gasteiger partial charge >= 0.3 is 0 Å². The fourth-order valence-electron chi connectivity index (χ4n) is 2.81. The molecular formula is C16H26ClN3O. The number of hydrogen-bond acceptors (Lipinski definition) is 3. The van der Waals surface area contributed by atoms with Crippen LogP contribution in [0.5, 0.6) is 0 Å². The monoisotopic (exact) mass is 311 g/mol. The lowest BCUT2D eigenvalue weighted by molar-refractivity contribution is -0.136. The van der Waals surface area contributed by atoms with Crippen molar-refractivity contribution in [3.8, 4) is 0 Å². The smallest absolute Gasteiger partial charge is 0.240 e. The van der Waals surface area contributed by atoms with Crippen LogP contribution in [0.4, 0.5) is 0 Å². The summed E-state index contributed by atoms with van der Waals surface area (Å²) in [4.78, 5) is 18.4. The third-order valence-corrected chi connectivity index (χ3v) is 4.24. The second-order valence-electron chi connectivity index (χ2n) is 6.34. The number of carbonyl (C=O) groups is 1. The van der Waals surface area contributed by atoms with Gasteiger partial charge in [-0.15, -0.1) is 12.4 Å². The van der Waals surface area contributed by atoms with Gasteiger partial charge in [0.15, 0.2) is 0 Å². The molecule has 1 fully saturated rings. The number of aromatic nitrogens is 1. The molecule has 1 aliphatic rings. The molecule has 1 aromatic rings. The SMILES string of the molecule is CN(CCc1ccncc1)C(=O)C1NCCCC1(C)C.Cl. The van der Waals surface area contributed by atoms with Gasteiger partial charge in [-0.3, -0.25) is 9.78 Å². The number of nitrogens with one attached hydrogen (secondary N) is 1. The lowest BCUT2D eigenvalue weighted by Gasteiger charge is -2.40. The highest BCUT2D eigenvalue weighted by molar-refractivity contribution is 5.85. The predicted octanol–water partition coefficient (Wildman–Crippen LogP) is 2.28. The summed E-state index contributed by atoms with van der Waals surface area (Å²) >= 11 is 0. The number of piperidine rings is 1. The highest BCUT2D eigenvalue weighted by Crippen LogP contribution is 2.30. The van der Waals surface area contributed by atoms with Gasteiger partial charge in [-0.25, -0.2) is 0 Å². The maximum atomic E-state index is 12.6. The Morgan fingerprint density at radius 1 is 1.43 bits per heavy atom. The van der Waals surface area contributed by atoms with Crippen LogP contribution in [0.2, 0.25) is 0 Å². The van der Waals surface area contributed by atoms with E-state index in [9.17, 15) is 4.79 Å². The van der Waals surface area contributed by atoms with Crippen LogP contribution in [0.3, 0.4) is 0 Å². The molecule has 2 rings (SSSR count). The Labute approximate surface area is 133 Å². The molecule has 1 unspecified atom stereocenters. The number of pyridine rings is 1. The molecule has 4 nitrogen and oxygen atoms in total. The maximum absolute atomic E-state index is 12.6. The van der Waals surface area contributed by atoms with E-state index < -0.39 is 0 Å². The Kier molecular flexibility index (Phi) is 6.62. The molecular weight excluding hydrogens is 286 g/mol. The van der Waals surface area contributed by atoms with Crippen molar-refractivity contribution in [2.45, 2.75) is 39.2 Å². The second kappa shape index (κ2) is 7.76. The highest BCUT2D eigenvalue weighted by atomic mass is 35.5. The second-order valence-corrected chi connectivity index (χ2v) is 6.34. The molecule has 21 heavy (non-hydrogen) atoms. The van der Waals surface area contributed by atoms with E-state index in [-0.39, 0.29) is 29.8 Å². The summed E-state index contributed by atoms with van der Waals surface area (Å²) in [5, 5.41) is 3.39. The zero-order chi connectivity index (χ0) is 14.6. The highest BCUT2D eigenvalue weighted by Gasteiger charge is 2.38. The van der Waals surface area contributed by atoms with Crippen LogP contribution in [-0.2, 0) is 11.2 Å². The van der Waals surface area contributed by atoms with Gasteiger partial charge in [-0.2, -0.15) is 0 Å². The van der Waals surface area contributed by atoms with E-state index in [1.807, 2.05) is 24.1 Å². The van der Waals surface area contributed by atoms with E-state index in [0.29, 0.717) is 0 Å². The predicted molar refractivity (Wildman–Crippen MR) is 87.6 cm³/mol. The van der Waals surface area contributed by atoms with Gasteiger partial charge in [0.1, 0.15) is 0 Å². The minimum absolute atomic E-state index is 0. The van der Waals surface area contributed by atoms with Crippen molar-refractivity contribution < 1.29 is 4.79 Å². The standard InChI is InChI=1S/C16H25N3O.ClH/c1-16(2)8-4-9-18-14(16)15(20)19(3)12-7-13-5-10-17-11-6-13;/h5-6,10-11,14,18H,4,7-9,12H2,1-3H3;1H. The molecule has 1 aliphatic heterocycles.